The first-order chi connectivity index (χ1) is 7.02. The Labute approximate surface area is 93.8 Å². The van der Waals surface area contributed by atoms with E-state index in [2.05, 4.69) is 5.32 Å². The van der Waals surface area contributed by atoms with E-state index in [1.165, 1.54) is 0 Å². The molecule has 0 aliphatic carbocycles. The van der Waals surface area contributed by atoms with E-state index in [9.17, 15) is 9.59 Å². The van der Waals surface area contributed by atoms with Crippen LogP contribution in [0.4, 0.5) is 0 Å². The van der Waals surface area contributed by atoms with Gasteiger partial charge < -0.3 is 16.2 Å². The van der Waals surface area contributed by atoms with Crippen LogP contribution in [0.15, 0.2) is 0 Å². The number of amides is 1. The minimum Gasteiger partial charge on any atom is -0.480 e. The summed E-state index contributed by atoms with van der Waals surface area (Å²) in [6.45, 7) is 1.78. The fraction of sp³-hybridized carbons (Fsp3) is 0.778. The van der Waals surface area contributed by atoms with Crippen LogP contribution in [0.2, 0.25) is 0 Å². The Morgan fingerprint density at radius 1 is 1.53 bits per heavy atom. The van der Waals surface area contributed by atoms with E-state index in [4.69, 9.17) is 10.8 Å². The van der Waals surface area contributed by atoms with E-state index in [1.807, 2.05) is 6.26 Å². The van der Waals surface area contributed by atoms with Gasteiger partial charge in [0.1, 0.15) is 6.04 Å². The molecule has 0 unspecified atom stereocenters. The van der Waals surface area contributed by atoms with Crippen molar-refractivity contribution in [2.24, 2.45) is 5.73 Å². The van der Waals surface area contributed by atoms with Crippen LogP contribution in [0.3, 0.4) is 0 Å². The number of hydrogen-bond donors (Lipinski definition) is 3. The molecule has 0 bridgehead atoms. The summed E-state index contributed by atoms with van der Waals surface area (Å²) in [5.74, 6) is -0.717. The van der Waals surface area contributed by atoms with E-state index >= 15 is 0 Å². The van der Waals surface area contributed by atoms with E-state index in [0.29, 0.717) is 18.6 Å². The number of thioether (sulfide) groups is 1. The molecule has 0 rings (SSSR count). The number of rotatable bonds is 7. The maximum absolute atomic E-state index is 11.3. The van der Waals surface area contributed by atoms with Crippen molar-refractivity contribution in [3.8, 4) is 0 Å². The fourth-order valence-corrected chi connectivity index (χ4v) is 1.43. The van der Waals surface area contributed by atoms with Crippen LogP contribution in [0, 0.1) is 0 Å². The van der Waals surface area contributed by atoms with Gasteiger partial charge in [0.2, 0.25) is 5.91 Å². The quantitative estimate of drug-likeness (QED) is 0.578. The molecule has 0 heterocycles. The number of aliphatic carboxylic acids is 1. The number of carbonyl (C=O) groups is 2. The molecular formula is C9H18N2O3S. The molecule has 88 valence electrons. The largest absolute Gasteiger partial charge is 0.480 e. The van der Waals surface area contributed by atoms with Gasteiger partial charge in [-0.05, 0) is 24.9 Å². The standard InChI is InChI=1S/C9H18N2O3S/c1-3-6(10)8(12)11-7(9(13)14)4-5-15-2/h6-7H,3-5,10H2,1-2H3,(H,11,12)(H,13,14)/t6-,7+/m1/s1. The van der Waals surface area contributed by atoms with Gasteiger partial charge in [-0.2, -0.15) is 11.8 Å². The highest BCUT2D eigenvalue weighted by Crippen LogP contribution is 2.01. The molecule has 0 spiro atoms. The zero-order valence-electron chi connectivity index (χ0n) is 9.03. The summed E-state index contributed by atoms with van der Waals surface area (Å²) in [7, 11) is 0. The second kappa shape index (κ2) is 7.53. The smallest absolute Gasteiger partial charge is 0.326 e. The van der Waals surface area contributed by atoms with Crippen LogP contribution in [0.1, 0.15) is 19.8 Å². The van der Waals surface area contributed by atoms with Crippen molar-refractivity contribution in [2.45, 2.75) is 31.8 Å². The van der Waals surface area contributed by atoms with Gasteiger partial charge in [-0.1, -0.05) is 6.92 Å². The average Bonchev–Trinajstić information content (AvgIpc) is 2.22. The molecule has 0 saturated carbocycles. The van der Waals surface area contributed by atoms with Gasteiger partial charge in [-0.25, -0.2) is 4.79 Å². The summed E-state index contributed by atoms with van der Waals surface area (Å²) in [6.07, 6.45) is 2.80. The van der Waals surface area contributed by atoms with E-state index < -0.39 is 24.0 Å². The molecule has 0 radical (unpaired) electrons. The van der Waals surface area contributed by atoms with Crippen LogP contribution in [0.5, 0.6) is 0 Å². The zero-order chi connectivity index (χ0) is 11.8. The van der Waals surface area contributed by atoms with Crippen molar-refractivity contribution in [1.82, 2.24) is 5.32 Å². The molecule has 15 heavy (non-hydrogen) atoms. The van der Waals surface area contributed by atoms with E-state index in [-0.39, 0.29) is 0 Å². The molecule has 1 amide bonds. The van der Waals surface area contributed by atoms with Gasteiger partial charge in [0.05, 0.1) is 6.04 Å². The van der Waals surface area contributed by atoms with Crippen LogP contribution < -0.4 is 11.1 Å². The highest BCUT2D eigenvalue weighted by atomic mass is 32.2. The number of carboxylic acids is 1. The van der Waals surface area contributed by atoms with Crippen LogP contribution >= 0.6 is 11.8 Å². The number of carboxylic acid groups (broad SMARTS) is 1. The lowest BCUT2D eigenvalue weighted by atomic mass is 10.2. The van der Waals surface area contributed by atoms with E-state index in [0.717, 1.165) is 0 Å². The van der Waals surface area contributed by atoms with Gasteiger partial charge >= 0.3 is 5.97 Å². The Morgan fingerprint density at radius 2 is 2.13 bits per heavy atom. The van der Waals surface area contributed by atoms with Crippen molar-refractivity contribution in [3.05, 3.63) is 0 Å². The Bertz CT molecular complexity index is 223. The minimum absolute atomic E-state index is 0.397. The third-order valence-electron chi connectivity index (χ3n) is 2.00. The fourth-order valence-electron chi connectivity index (χ4n) is 0.957. The second-order valence-corrected chi connectivity index (χ2v) is 4.18. The molecule has 0 aromatic rings. The third-order valence-corrected chi connectivity index (χ3v) is 2.65. The normalized spacial score (nSPS) is 14.3. The molecule has 5 nitrogen and oxygen atoms in total. The predicted molar refractivity (Wildman–Crippen MR) is 60.8 cm³/mol. The first-order valence-corrected chi connectivity index (χ1v) is 6.20. The van der Waals surface area contributed by atoms with Crippen molar-refractivity contribution in [2.75, 3.05) is 12.0 Å². The summed E-state index contributed by atoms with van der Waals surface area (Å²) in [6, 6.07) is -1.45. The first-order valence-electron chi connectivity index (χ1n) is 4.80. The van der Waals surface area contributed by atoms with Crippen molar-refractivity contribution >= 4 is 23.6 Å². The Morgan fingerprint density at radius 3 is 2.53 bits per heavy atom. The lowest BCUT2D eigenvalue weighted by Gasteiger charge is -2.16. The van der Waals surface area contributed by atoms with Gasteiger partial charge in [0.25, 0.3) is 0 Å². The van der Waals surface area contributed by atoms with Crippen molar-refractivity contribution < 1.29 is 14.7 Å². The lowest BCUT2D eigenvalue weighted by Crippen LogP contribution is -2.48. The van der Waals surface area contributed by atoms with Crippen LogP contribution in [-0.4, -0.2) is 41.1 Å². The molecule has 0 aromatic carbocycles. The summed E-state index contributed by atoms with van der Waals surface area (Å²) >= 11 is 1.54. The maximum atomic E-state index is 11.3. The number of nitrogens with two attached hydrogens (primary N) is 1. The molecule has 0 aliphatic rings. The number of hydrogen-bond acceptors (Lipinski definition) is 4. The highest BCUT2D eigenvalue weighted by molar-refractivity contribution is 7.98. The third kappa shape index (κ3) is 5.64. The van der Waals surface area contributed by atoms with E-state index in [1.54, 1.807) is 18.7 Å². The lowest BCUT2D eigenvalue weighted by molar-refractivity contribution is -0.142. The molecule has 2 atom stereocenters. The first kappa shape index (κ1) is 14.2. The predicted octanol–water partition coefficient (Wildman–Crippen LogP) is 0.0462. The molecule has 0 saturated heterocycles. The minimum atomic E-state index is -1.01. The number of nitrogens with one attached hydrogen (secondary N) is 1. The Hall–Kier alpha value is -0.750. The van der Waals surface area contributed by atoms with Crippen molar-refractivity contribution in [1.29, 1.82) is 0 Å². The maximum Gasteiger partial charge on any atom is 0.326 e. The van der Waals surface area contributed by atoms with Gasteiger partial charge in [0, 0.05) is 0 Å². The topological polar surface area (TPSA) is 92.4 Å². The molecule has 6 heteroatoms. The Kier molecular flexibility index (Phi) is 7.15. The summed E-state index contributed by atoms with van der Waals surface area (Å²) in [4.78, 5) is 22.1. The summed E-state index contributed by atoms with van der Waals surface area (Å²) in [5.41, 5.74) is 5.48. The summed E-state index contributed by atoms with van der Waals surface area (Å²) < 4.78 is 0. The molecule has 0 aromatic heterocycles. The van der Waals surface area contributed by atoms with Gasteiger partial charge in [-0.15, -0.1) is 0 Å². The Balaban J connectivity index is 4.16. The summed E-state index contributed by atoms with van der Waals surface area (Å²) in [5, 5.41) is 11.3. The van der Waals surface area contributed by atoms with Gasteiger partial charge in [-0.3, -0.25) is 4.79 Å². The van der Waals surface area contributed by atoms with Crippen LogP contribution in [0.25, 0.3) is 0 Å². The molecule has 0 aliphatic heterocycles. The average molecular weight is 234 g/mol. The van der Waals surface area contributed by atoms with Crippen LogP contribution in [-0.2, 0) is 9.59 Å². The monoisotopic (exact) mass is 234 g/mol. The molecule has 4 N–H and O–H groups in total. The van der Waals surface area contributed by atoms with Gasteiger partial charge in [0.15, 0.2) is 0 Å². The number of carbonyl (C=O) groups excluding carboxylic acids is 1. The molecule has 0 fully saturated rings. The molecular weight excluding hydrogens is 216 g/mol. The zero-order valence-corrected chi connectivity index (χ0v) is 9.84. The van der Waals surface area contributed by atoms with Crippen molar-refractivity contribution in [3.63, 3.8) is 0 Å². The SMILES string of the molecule is CC[C@@H](N)C(=O)N[C@@H](CCSC)C(=O)O. The highest BCUT2D eigenvalue weighted by Gasteiger charge is 2.21. The second-order valence-electron chi connectivity index (χ2n) is 3.20.